The fourth-order valence-electron chi connectivity index (χ4n) is 1.35. The third-order valence-electron chi connectivity index (χ3n) is 2.19. The Morgan fingerprint density at radius 1 is 1.27 bits per heavy atom. The van der Waals surface area contributed by atoms with Crippen molar-refractivity contribution in [1.29, 1.82) is 0 Å². The van der Waals surface area contributed by atoms with Gasteiger partial charge in [-0.1, -0.05) is 37.8 Å². The maximum absolute atomic E-state index is 11.4. The molecule has 0 spiro atoms. The molecule has 0 aromatic heterocycles. The maximum Gasteiger partial charge on any atom is 0.237 e. The van der Waals surface area contributed by atoms with Crippen LogP contribution in [0, 0.1) is 0 Å². The molecule has 1 aromatic rings. The summed E-state index contributed by atoms with van der Waals surface area (Å²) < 4.78 is 0. The van der Waals surface area contributed by atoms with E-state index in [2.05, 4.69) is 10.6 Å². The molecule has 0 aliphatic rings. The quantitative estimate of drug-likeness (QED) is 0.780. The van der Waals surface area contributed by atoms with Gasteiger partial charge in [-0.2, -0.15) is 0 Å². The van der Waals surface area contributed by atoms with Crippen molar-refractivity contribution in [3.8, 4) is 0 Å². The molecule has 1 rings (SSSR count). The number of likely N-dealkylation sites (N-methyl/N-ethyl adjacent to an activating group) is 2. The van der Waals surface area contributed by atoms with Crippen LogP contribution in [-0.4, -0.2) is 26.0 Å². The molecule has 0 aliphatic carbocycles. The van der Waals surface area contributed by atoms with Gasteiger partial charge in [-0.3, -0.25) is 4.79 Å². The van der Waals surface area contributed by atoms with Gasteiger partial charge in [0.25, 0.3) is 0 Å². The molecular weight excluding hydrogens is 188 g/mol. The second kappa shape index (κ2) is 7.01. The summed E-state index contributed by atoms with van der Waals surface area (Å²) in [6.07, 6.45) is 0.719. The molecule has 1 atom stereocenters. The lowest BCUT2D eigenvalue weighted by molar-refractivity contribution is -0.122. The van der Waals surface area contributed by atoms with E-state index in [1.807, 2.05) is 30.3 Å². The Balaban J connectivity index is 0.00000196. The van der Waals surface area contributed by atoms with Crippen molar-refractivity contribution in [2.24, 2.45) is 0 Å². The molecule has 0 fully saturated rings. The summed E-state index contributed by atoms with van der Waals surface area (Å²) in [5.41, 5.74) is 1.16. The van der Waals surface area contributed by atoms with E-state index in [4.69, 9.17) is 0 Å². The summed E-state index contributed by atoms with van der Waals surface area (Å²) in [4.78, 5) is 11.4. The number of hydrogen-bond donors (Lipinski definition) is 2. The molecule has 2 N–H and O–H groups in total. The molecule has 0 saturated heterocycles. The fraction of sp³-hybridized carbons (Fsp3) is 0.417. The van der Waals surface area contributed by atoms with Gasteiger partial charge in [-0.25, -0.2) is 0 Å². The summed E-state index contributed by atoms with van der Waals surface area (Å²) >= 11 is 0. The zero-order valence-corrected chi connectivity index (χ0v) is 8.58. The highest BCUT2D eigenvalue weighted by Gasteiger charge is 2.14. The molecule has 15 heavy (non-hydrogen) atoms. The monoisotopic (exact) mass is 208 g/mol. The minimum absolute atomic E-state index is 0. The van der Waals surface area contributed by atoms with Crippen LogP contribution in [0.2, 0.25) is 0 Å². The van der Waals surface area contributed by atoms with Crippen molar-refractivity contribution in [2.75, 3.05) is 14.1 Å². The molecule has 1 amide bonds. The van der Waals surface area contributed by atoms with Crippen LogP contribution in [0.4, 0.5) is 0 Å². The number of carbonyl (C=O) groups excluding carboxylic acids is 1. The average Bonchev–Trinajstić information content (AvgIpc) is 2.26. The second-order valence-corrected chi connectivity index (χ2v) is 3.15. The summed E-state index contributed by atoms with van der Waals surface area (Å²) in [5.74, 6) is 0.0244. The normalized spacial score (nSPS) is 11.3. The van der Waals surface area contributed by atoms with Gasteiger partial charge in [0, 0.05) is 7.05 Å². The van der Waals surface area contributed by atoms with E-state index in [9.17, 15) is 4.79 Å². The van der Waals surface area contributed by atoms with E-state index < -0.39 is 0 Å². The Morgan fingerprint density at radius 3 is 2.33 bits per heavy atom. The first-order valence-electron chi connectivity index (χ1n) is 4.70. The summed E-state index contributed by atoms with van der Waals surface area (Å²) in [6, 6.07) is 9.82. The fourth-order valence-corrected chi connectivity index (χ4v) is 1.35. The molecule has 3 heteroatoms. The van der Waals surface area contributed by atoms with Crippen molar-refractivity contribution in [1.82, 2.24) is 10.6 Å². The van der Waals surface area contributed by atoms with Crippen molar-refractivity contribution in [2.45, 2.75) is 19.9 Å². The highest BCUT2D eigenvalue weighted by molar-refractivity contribution is 5.81. The molecule has 0 unspecified atom stereocenters. The van der Waals surface area contributed by atoms with E-state index in [1.165, 1.54) is 0 Å². The van der Waals surface area contributed by atoms with Crippen LogP contribution in [0.25, 0.3) is 0 Å². The Labute approximate surface area is 91.9 Å². The predicted molar refractivity (Wildman–Crippen MR) is 63.8 cm³/mol. The Morgan fingerprint density at radius 2 is 1.87 bits per heavy atom. The number of amides is 1. The van der Waals surface area contributed by atoms with E-state index in [0.717, 1.165) is 12.0 Å². The van der Waals surface area contributed by atoms with Crippen LogP contribution < -0.4 is 10.6 Å². The van der Waals surface area contributed by atoms with Crippen molar-refractivity contribution in [3.05, 3.63) is 35.9 Å². The first-order valence-corrected chi connectivity index (χ1v) is 4.70. The lowest BCUT2D eigenvalue weighted by Gasteiger charge is -2.14. The van der Waals surface area contributed by atoms with E-state index >= 15 is 0 Å². The Kier molecular flexibility index (Phi) is 6.38. The Hall–Kier alpha value is -1.35. The molecule has 0 saturated carbocycles. The number of benzene rings is 1. The number of hydrogen-bond acceptors (Lipinski definition) is 2. The van der Waals surface area contributed by atoms with Crippen molar-refractivity contribution in [3.63, 3.8) is 0 Å². The van der Waals surface area contributed by atoms with Gasteiger partial charge in [-0.15, -0.1) is 0 Å². The third-order valence-corrected chi connectivity index (χ3v) is 2.19. The van der Waals surface area contributed by atoms with Crippen molar-refractivity contribution < 1.29 is 4.79 Å². The highest BCUT2D eigenvalue weighted by atomic mass is 16.2. The first-order chi connectivity index (χ1) is 6.77. The largest absolute Gasteiger partial charge is 0.358 e. The zero-order chi connectivity index (χ0) is 10.4. The summed E-state index contributed by atoms with van der Waals surface area (Å²) in [7, 11) is 3.44. The van der Waals surface area contributed by atoms with Crippen LogP contribution in [0.3, 0.4) is 0 Å². The molecule has 84 valence electrons. The molecule has 1 aromatic carbocycles. The zero-order valence-electron chi connectivity index (χ0n) is 8.58. The molecule has 0 aliphatic heterocycles. The third kappa shape index (κ3) is 4.13. The predicted octanol–water partition coefficient (Wildman–Crippen LogP) is 1.20. The van der Waals surface area contributed by atoms with Crippen LogP contribution in [0.5, 0.6) is 0 Å². The molecular formula is C12H20N2O. The van der Waals surface area contributed by atoms with Gasteiger partial charge in [0.05, 0.1) is 6.04 Å². The van der Waals surface area contributed by atoms with Gasteiger partial charge in [0.2, 0.25) is 5.91 Å². The van der Waals surface area contributed by atoms with E-state index in [1.54, 1.807) is 14.1 Å². The number of carbonyl (C=O) groups is 1. The minimum Gasteiger partial charge on any atom is -0.358 e. The van der Waals surface area contributed by atoms with Crippen LogP contribution in [-0.2, 0) is 11.2 Å². The summed E-state index contributed by atoms with van der Waals surface area (Å²) in [5, 5.41) is 5.62. The van der Waals surface area contributed by atoms with Crippen LogP contribution in [0.15, 0.2) is 30.3 Å². The van der Waals surface area contributed by atoms with Crippen LogP contribution in [0.1, 0.15) is 13.0 Å². The van der Waals surface area contributed by atoms with Gasteiger partial charge in [0.15, 0.2) is 0 Å². The highest BCUT2D eigenvalue weighted by Crippen LogP contribution is 2.02. The van der Waals surface area contributed by atoms with Gasteiger partial charge >= 0.3 is 0 Å². The van der Waals surface area contributed by atoms with Gasteiger partial charge in [0.1, 0.15) is 0 Å². The lowest BCUT2D eigenvalue weighted by atomic mass is 10.1. The topological polar surface area (TPSA) is 41.1 Å². The smallest absolute Gasteiger partial charge is 0.237 e. The first kappa shape index (κ1) is 13.7. The molecule has 0 bridgehead atoms. The molecule has 0 radical (unpaired) electrons. The standard InChI is InChI=1S/C11H16N2O.CH4/c1-12-10(11(14)13-2)8-9-6-4-3-5-7-9;/h3-7,10,12H,8H2,1-2H3,(H,13,14);1H4/t10-;/m1./s1. The van der Waals surface area contributed by atoms with Crippen LogP contribution >= 0.6 is 0 Å². The van der Waals surface area contributed by atoms with E-state index in [0.29, 0.717) is 0 Å². The average molecular weight is 208 g/mol. The Bertz CT molecular complexity index is 285. The van der Waals surface area contributed by atoms with E-state index in [-0.39, 0.29) is 19.4 Å². The van der Waals surface area contributed by atoms with Crippen molar-refractivity contribution >= 4 is 5.91 Å². The van der Waals surface area contributed by atoms with Gasteiger partial charge < -0.3 is 10.6 Å². The maximum atomic E-state index is 11.4. The lowest BCUT2D eigenvalue weighted by Crippen LogP contribution is -2.42. The number of rotatable bonds is 4. The molecule has 0 heterocycles. The molecule has 3 nitrogen and oxygen atoms in total. The van der Waals surface area contributed by atoms with Gasteiger partial charge in [-0.05, 0) is 19.0 Å². The number of nitrogens with one attached hydrogen (secondary N) is 2. The SMILES string of the molecule is C.CNC(=O)[C@@H](Cc1ccccc1)NC. The summed E-state index contributed by atoms with van der Waals surface area (Å²) in [6.45, 7) is 0. The second-order valence-electron chi connectivity index (χ2n) is 3.15. The minimum atomic E-state index is -0.151.